The maximum atomic E-state index is 12.2. The summed E-state index contributed by atoms with van der Waals surface area (Å²) in [5.41, 5.74) is 1.03. The van der Waals surface area contributed by atoms with Gasteiger partial charge in [-0.05, 0) is 31.2 Å². The molecule has 1 aliphatic rings. The number of morpholine rings is 1. The fourth-order valence-corrected chi connectivity index (χ4v) is 3.51. The van der Waals surface area contributed by atoms with Gasteiger partial charge < -0.3 is 9.64 Å². The van der Waals surface area contributed by atoms with Gasteiger partial charge in [0, 0.05) is 25.5 Å². The van der Waals surface area contributed by atoms with Gasteiger partial charge in [-0.1, -0.05) is 12.1 Å². The zero-order chi connectivity index (χ0) is 15.3. The van der Waals surface area contributed by atoms with Crippen LogP contribution in [0.4, 0.5) is 0 Å². The molecule has 0 amide bonds. The van der Waals surface area contributed by atoms with Gasteiger partial charge in [-0.3, -0.25) is 0 Å². The van der Waals surface area contributed by atoms with Gasteiger partial charge in [-0.15, -0.1) is 11.6 Å². The van der Waals surface area contributed by atoms with E-state index in [1.165, 1.54) is 0 Å². The fraction of sp³-hybridized carbons (Fsp3) is 0.571. The third-order valence-electron chi connectivity index (χ3n) is 3.46. The van der Waals surface area contributed by atoms with Crippen molar-refractivity contribution in [2.45, 2.75) is 17.4 Å². The van der Waals surface area contributed by atoms with E-state index in [9.17, 15) is 8.42 Å². The Balaban J connectivity index is 1.94. The molecule has 1 fully saturated rings. The fourth-order valence-electron chi connectivity index (χ4n) is 2.22. The number of likely N-dealkylation sites (N-methyl/N-ethyl adjacent to an activating group) is 1. The van der Waals surface area contributed by atoms with Crippen LogP contribution in [0.2, 0.25) is 0 Å². The van der Waals surface area contributed by atoms with Crippen molar-refractivity contribution in [3.05, 3.63) is 29.8 Å². The zero-order valence-corrected chi connectivity index (χ0v) is 13.7. The molecule has 1 heterocycles. The molecular formula is C14H21ClN2O3S. The Morgan fingerprint density at radius 1 is 1.38 bits per heavy atom. The molecular weight excluding hydrogens is 312 g/mol. The van der Waals surface area contributed by atoms with E-state index in [1.807, 2.05) is 7.05 Å². The van der Waals surface area contributed by atoms with Crippen LogP contribution >= 0.6 is 11.6 Å². The summed E-state index contributed by atoms with van der Waals surface area (Å²) in [4.78, 5) is 2.40. The molecule has 1 unspecified atom stereocenters. The van der Waals surface area contributed by atoms with Crippen molar-refractivity contribution in [1.29, 1.82) is 0 Å². The summed E-state index contributed by atoms with van der Waals surface area (Å²) in [6.07, 6.45) is 0.631. The average molecular weight is 333 g/mol. The number of hydrogen-bond acceptors (Lipinski definition) is 4. The van der Waals surface area contributed by atoms with E-state index in [-0.39, 0.29) is 17.5 Å². The molecule has 7 heteroatoms. The largest absolute Gasteiger partial charge is 0.374 e. The molecule has 1 aliphatic heterocycles. The highest BCUT2D eigenvalue weighted by Crippen LogP contribution is 2.12. The molecule has 0 radical (unpaired) electrons. The molecule has 0 aliphatic carbocycles. The third kappa shape index (κ3) is 4.93. The molecule has 118 valence electrons. The number of aryl methyl sites for hydroxylation is 1. The Morgan fingerprint density at radius 3 is 2.71 bits per heavy atom. The second-order valence-corrected chi connectivity index (χ2v) is 7.33. The number of sulfonamides is 1. The van der Waals surface area contributed by atoms with Gasteiger partial charge in [0.2, 0.25) is 10.0 Å². The van der Waals surface area contributed by atoms with Crippen molar-refractivity contribution in [1.82, 2.24) is 9.62 Å². The van der Waals surface area contributed by atoms with Crippen LogP contribution < -0.4 is 4.72 Å². The summed E-state index contributed by atoms with van der Waals surface area (Å²) in [5.74, 6) is 0.525. The lowest BCUT2D eigenvalue weighted by Crippen LogP contribution is -2.45. The molecule has 21 heavy (non-hydrogen) atoms. The molecule has 0 spiro atoms. The van der Waals surface area contributed by atoms with Crippen molar-refractivity contribution in [3.8, 4) is 0 Å². The van der Waals surface area contributed by atoms with Gasteiger partial charge in [0.05, 0.1) is 17.6 Å². The summed E-state index contributed by atoms with van der Waals surface area (Å²) in [6, 6.07) is 6.81. The second kappa shape index (κ2) is 7.56. The number of nitrogens with one attached hydrogen (secondary N) is 1. The van der Waals surface area contributed by atoms with Gasteiger partial charge in [0.1, 0.15) is 0 Å². The molecule has 1 atom stereocenters. The van der Waals surface area contributed by atoms with Crippen molar-refractivity contribution in [2.75, 3.05) is 39.2 Å². The van der Waals surface area contributed by atoms with Crippen LogP contribution in [0.1, 0.15) is 5.56 Å². The van der Waals surface area contributed by atoms with Gasteiger partial charge >= 0.3 is 0 Å². The molecule has 1 aromatic carbocycles. The number of nitrogens with zero attached hydrogens (tertiary/aromatic N) is 1. The summed E-state index contributed by atoms with van der Waals surface area (Å²) in [5, 5.41) is 0. The Hall–Kier alpha value is -0.660. The van der Waals surface area contributed by atoms with Gasteiger partial charge in [-0.25, -0.2) is 13.1 Å². The molecule has 0 saturated carbocycles. The van der Waals surface area contributed by atoms with Gasteiger partial charge in [-0.2, -0.15) is 0 Å². The first kappa shape index (κ1) is 16.7. The Kier molecular flexibility index (Phi) is 6.01. The number of alkyl halides is 1. The standard InChI is InChI=1S/C14H21ClN2O3S/c1-17-8-9-20-13(11-17)10-16-21(18,19)14-4-2-12(3-5-14)6-7-15/h2-5,13,16H,6-11H2,1H3. The van der Waals surface area contributed by atoms with E-state index >= 15 is 0 Å². The zero-order valence-electron chi connectivity index (χ0n) is 12.1. The maximum Gasteiger partial charge on any atom is 0.240 e. The van der Waals surface area contributed by atoms with Crippen LogP contribution in [0.3, 0.4) is 0 Å². The number of halogens is 1. The highest BCUT2D eigenvalue weighted by atomic mass is 35.5. The average Bonchev–Trinajstić information content (AvgIpc) is 2.46. The van der Waals surface area contributed by atoms with Crippen molar-refractivity contribution < 1.29 is 13.2 Å². The summed E-state index contributed by atoms with van der Waals surface area (Å²) >= 11 is 5.66. The lowest BCUT2D eigenvalue weighted by atomic mass is 10.2. The third-order valence-corrected chi connectivity index (χ3v) is 5.09. The molecule has 1 aromatic rings. The van der Waals surface area contributed by atoms with Gasteiger partial charge in [0.15, 0.2) is 0 Å². The van der Waals surface area contributed by atoms with E-state index in [0.29, 0.717) is 12.5 Å². The normalized spacial score (nSPS) is 20.6. The van der Waals surface area contributed by atoms with Crippen molar-refractivity contribution >= 4 is 21.6 Å². The molecule has 1 saturated heterocycles. The Labute approximate surface area is 131 Å². The lowest BCUT2D eigenvalue weighted by Gasteiger charge is -2.30. The topological polar surface area (TPSA) is 58.6 Å². The minimum Gasteiger partial charge on any atom is -0.374 e. The highest BCUT2D eigenvalue weighted by molar-refractivity contribution is 7.89. The predicted molar refractivity (Wildman–Crippen MR) is 83.3 cm³/mol. The van der Waals surface area contributed by atoms with Crippen LogP contribution in [0, 0.1) is 0 Å². The summed E-state index contributed by atoms with van der Waals surface area (Å²) in [6.45, 7) is 2.54. The number of hydrogen-bond donors (Lipinski definition) is 1. The molecule has 5 nitrogen and oxygen atoms in total. The SMILES string of the molecule is CN1CCOC(CNS(=O)(=O)c2ccc(CCCl)cc2)C1. The van der Waals surface area contributed by atoms with Crippen LogP contribution in [0.25, 0.3) is 0 Å². The number of rotatable bonds is 6. The van der Waals surface area contributed by atoms with E-state index in [1.54, 1.807) is 24.3 Å². The van der Waals surface area contributed by atoms with Crippen LogP contribution in [-0.4, -0.2) is 58.6 Å². The molecule has 2 rings (SSSR count). The monoisotopic (exact) mass is 332 g/mol. The van der Waals surface area contributed by atoms with Crippen molar-refractivity contribution in [3.63, 3.8) is 0 Å². The van der Waals surface area contributed by atoms with Crippen LogP contribution in [-0.2, 0) is 21.2 Å². The minimum atomic E-state index is -3.49. The van der Waals surface area contributed by atoms with Gasteiger partial charge in [0.25, 0.3) is 0 Å². The molecule has 0 bridgehead atoms. The second-order valence-electron chi connectivity index (χ2n) is 5.19. The van der Waals surface area contributed by atoms with E-state index < -0.39 is 10.0 Å². The van der Waals surface area contributed by atoms with Crippen molar-refractivity contribution in [2.24, 2.45) is 0 Å². The summed E-state index contributed by atoms with van der Waals surface area (Å²) in [7, 11) is -1.49. The lowest BCUT2D eigenvalue weighted by molar-refractivity contribution is -0.0156. The molecule has 0 aromatic heterocycles. The Bertz CT molecular complexity index is 548. The number of benzene rings is 1. The molecule has 1 N–H and O–H groups in total. The van der Waals surface area contributed by atoms with E-state index in [4.69, 9.17) is 16.3 Å². The maximum absolute atomic E-state index is 12.2. The van der Waals surface area contributed by atoms with Crippen LogP contribution in [0.15, 0.2) is 29.2 Å². The first-order valence-electron chi connectivity index (χ1n) is 6.96. The number of ether oxygens (including phenoxy) is 1. The highest BCUT2D eigenvalue weighted by Gasteiger charge is 2.21. The predicted octanol–water partition coefficient (Wildman–Crippen LogP) is 1.08. The summed E-state index contributed by atoms with van der Waals surface area (Å²) < 4.78 is 32.6. The van der Waals surface area contributed by atoms with E-state index in [2.05, 4.69) is 9.62 Å². The van der Waals surface area contributed by atoms with E-state index in [0.717, 1.165) is 25.1 Å². The minimum absolute atomic E-state index is 0.103. The van der Waals surface area contributed by atoms with Crippen LogP contribution in [0.5, 0.6) is 0 Å². The smallest absolute Gasteiger partial charge is 0.240 e. The first-order valence-corrected chi connectivity index (χ1v) is 8.98. The first-order chi connectivity index (χ1) is 10.0. The quantitative estimate of drug-likeness (QED) is 0.792. The Morgan fingerprint density at radius 2 is 2.10 bits per heavy atom.